The van der Waals surface area contributed by atoms with E-state index in [0.717, 1.165) is 55.3 Å². The number of aromatic nitrogens is 2. The van der Waals surface area contributed by atoms with Crippen LogP contribution in [0.5, 0.6) is 0 Å². The number of carbonyl (C=O) groups excluding carboxylic acids is 1. The molecule has 156 valence electrons. The van der Waals surface area contributed by atoms with Gasteiger partial charge in [0.25, 0.3) is 0 Å². The number of carbonyl (C=O) groups is 1. The minimum absolute atomic E-state index is 0.158. The molecule has 2 heterocycles. The number of nitrogens with one attached hydrogen (secondary N) is 1. The monoisotopic (exact) mass is 414 g/mol. The molecule has 4 rings (SSSR count). The number of hydrogen-bond donors (Lipinski definition) is 2. The van der Waals surface area contributed by atoms with Crippen molar-refractivity contribution in [1.82, 2.24) is 9.97 Å². The standard InChI is InChI=1S/C21H30N6OS/c1-26(2)19-16-6-3-4-7-17(16)24-21(25-19)23-14-9-11-15(12-10-14)27(20(22)28)18-8-5-13-29-18/h5,8,13-15H,3-4,6-7,9-12H2,1-2H3,(H2,22,28)(H,23,24,25). The van der Waals surface area contributed by atoms with Crippen LogP contribution in [0.2, 0.25) is 0 Å². The van der Waals surface area contributed by atoms with Gasteiger partial charge in [0.15, 0.2) is 0 Å². The Bertz CT molecular complexity index is 845. The van der Waals surface area contributed by atoms with Crippen LogP contribution in [-0.4, -0.2) is 42.2 Å². The number of urea groups is 1. The highest BCUT2D eigenvalue weighted by atomic mass is 32.1. The third kappa shape index (κ3) is 4.32. The molecule has 0 spiro atoms. The van der Waals surface area contributed by atoms with E-state index in [1.807, 2.05) is 17.5 Å². The van der Waals surface area contributed by atoms with Crippen molar-refractivity contribution >= 4 is 34.1 Å². The van der Waals surface area contributed by atoms with Gasteiger partial charge < -0.3 is 16.0 Å². The lowest BCUT2D eigenvalue weighted by atomic mass is 9.90. The van der Waals surface area contributed by atoms with Gasteiger partial charge in [-0.1, -0.05) is 0 Å². The molecule has 0 atom stereocenters. The summed E-state index contributed by atoms with van der Waals surface area (Å²) in [4.78, 5) is 25.5. The van der Waals surface area contributed by atoms with E-state index in [-0.39, 0.29) is 12.1 Å². The van der Waals surface area contributed by atoms with Crippen molar-refractivity contribution in [3.63, 3.8) is 0 Å². The van der Waals surface area contributed by atoms with Crippen LogP contribution in [0.1, 0.15) is 49.8 Å². The summed E-state index contributed by atoms with van der Waals surface area (Å²) in [6, 6.07) is 4.03. The molecule has 0 bridgehead atoms. The lowest BCUT2D eigenvalue weighted by Gasteiger charge is -2.35. The van der Waals surface area contributed by atoms with Crippen LogP contribution in [0, 0.1) is 0 Å². The Kier molecular flexibility index (Phi) is 5.89. The number of nitrogens with two attached hydrogens (primary N) is 1. The average molecular weight is 415 g/mol. The maximum absolute atomic E-state index is 12.0. The molecule has 0 unspecified atom stereocenters. The first-order valence-corrected chi connectivity index (χ1v) is 11.4. The fourth-order valence-corrected chi connectivity index (χ4v) is 5.35. The average Bonchev–Trinajstić information content (AvgIpc) is 3.22. The number of anilines is 3. The Morgan fingerprint density at radius 2 is 1.93 bits per heavy atom. The third-order valence-electron chi connectivity index (χ3n) is 5.96. The zero-order valence-corrected chi connectivity index (χ0v) is 18.0. The van der Waals surface area contributed by atoms with E-state index in [2.05, 4.69) is 24.3 Å². The van der Waals surface area contributed by atoms with E-state index in [1.165, 1.54) is 24.1 Å². The number of hydrogen-bond acceptors (Lipinski definition) is 6. The maximum Gasteiger partial charge on any atom is 0.320 e. The molecular formula is C21H30N6OS. The van der Waals surface area contributed by atoms with Crippen molar-refractivity contribution < 1.29 is 4.79 Å². The molecule has 1 fully saturated rings. The van der Waals surface area contributed by atoms with E-state index in [0.29, 0.717) is 6.04 Å². The summed E-state index contributed by atoms with van der Waals surface area (Å²) in [7, 11) is 4.10. The van der Waals surface area contributed by atoms with Gasteiger partial charge in [-0.2, -0.15) is 4.98 Å². The van der Waals surface area contributed by atoms with Gasteiger partial charge in [0.1, 0.15) is 5.82 Å². The highest BCUT2D eigenvalue weighted by Crippen LogP contribution is 2.32. The Hall–Kier alpha value is -2.35. The summed E-state index contributed by atoms with van der Waals surface area (Å²) in [5, 5.41) is 6.48. The largest absolute Gasteiger partial charge is 0.362 e. The first kappa shape index (κ1) is 19.9. The molecule has 0 saturated heterocycles. The van der Waals surface area contributed by atoms with Crippen LogP contribution in [0.15, 0.2) is 17.5 Å². The minimum atomic E-state index is -0.363. The smallest absolute Gasteiger partial charge is 0.320 e. The second kappa shape index (κ2) is 8.57. The van der Waals surface area contributed by atoms with Crippen LogP contribution >= 0.6 is 11.3 Å². The van der Waals surface area contributed by atoms with Gasteiger partial charge in [0.2, 0.25) is 5.95 Å². The molecule has 0 aliphatic heterocycles. The first-order valence-electron chi connectivity index (χ1n) is 10.5. The zero-order chi connectivity index (χ0) is 20.4. The Morgan fingerprint density at radius 3 is 2.59 bits per heavy atom. The maximum atomic E-state index is 12.0. The van der Waals surface area contributed by atoms with Gasteiger partial charge in [-0.15, -0.1) is 11.3 Å². The van der Waals surface area contributed by atoms with Crippen LogP contribution in [0.4, 0.5) is 21.6 Å². The van der Waals surface area contributed by atoms with Gasteiger partial charge >= 0.3 is 6.03 Å². The van der Waals surface area contributed by atoms with Crippen molar-refractivity contribution in [3.8, 4) is 0 Å². The lowest BCUT2D eigenvalue weighted by Crippen LogP contribution is -2.46. The minimum Gasteiger partial charge on any atom is -0.362 e. The first-order chi connectivity index (χ1) is 14.0. The molecule has 0 aromatic carbocycles. The van der Waals surface area contributed by atoms with Crippen molar-refractivity contribution in [1.29, 1.82) is 0 Å². The number of nitrogens with zero attached hydrogens (tertiary/aromatic N) is 4. The molecule has 2 aromatic rings. The molecular weight excluding hydrogens is 384 g/mol. The fraction of sp³-hybridized carbons (Fsp3) is 0.571. The topological polar surface area (TPSA) is 87.4 Å². The zero-order valence-electron chi connectivity index (χ0n) is 17.2. The lowest BCUT2D eigenvalue weighted by molar-refractivity contribution is 0.248. The summed E-state index contributed by atoms with van der Waals surface area (Å²) < 4.78 is 0. The van der Waals surface area contributed by atoms with Gasteiger partial charge in [-0.3, -0.25) is 4.90 Å². The Labute approximate surface area is 176 Å². The van der Waals surface area contributed by atoms with Crippen LogP contribution in [0.25, 0.3) is 0 Å². The van der Waals surface area contributed by atoms with Crippen molar-refractivity contribution in [2.24, 2.45) is 5.73 Å². The predicted molar refractivity (Wildman–Crippen MR) is 119 cm³/mol. The number of thiophene rings is 1. The molecule has 2 aliphatic rings. The van der Waals surface area contributed by atoms with Crippen LogP contribution in [-0.2, 0) is 12.8 Å². The number of rotatable bonds is 5. The third-order valence-corrected chi connectivity index (χ3v) is 6.83. The second-order valence-electron chi connectivity index (χ2n) is 8.21. The quantitative estimate of drug-likeness (QED) is 0.777. The molecule has 2 aromatic heterocycles. The van der Waals surface area contributed by atoms with E-state index >= 15 is 0 Å². The molecule has 1 saturated carbocycles. The van der Waals surface area contributed by atoms with Crippen molar-refractivity contribution in [2.75, 3.05) is 29.2 Å². The molecule has 2 amide bonds. The second-order valence-corrected chi connectivity index (χ2v) is 9.13. The van der Waals surface area contributed by atoms with Gasteiger partial charge in [-0.25, -0.2) is 9.78 Å². The molecule has 7 nitrogen and oxygen atoms in total. The Morgan fingerprint density at radius 1 is 1.17 bits per heavy atom. The summed E-state index contributed by atoms with van der Waals surface area (Å²) >= 11 is 1.56. The summed E-state index contributed by atoms with van der Waals surface area (Å²) in [5.41, 5.74) is 8.19. The van der Waals surface area contributed by atoms with Gasteiger partial charge in [0.05, 0.1) is 10.7 Å². The summed E-state index contributed by atoms with van der Waals surface area (Å²) in [6.45, 7) is 0. The van der Waals surface area contributed by atoms with Crippen molar-refractivity contribution in [3.05, 3.63) is 28.8 Å². The van der Waals surface area contributed by atoms with E-state index in [4.69, 9.17) is 15.7 Å². The normalized spacial score (nSPS) is 21.3. The molecule has 0 radical (unpaired) electrons. The van der Waals surface area contributed by atoms with Crippen LogP contribution < -0.4 is 20.9 Å². The molecule has 29 heavy (non-hydrogen) atoms. The number of amides is 2. The van der Waals surface area contributed by atoms with Crippen LogP contribution in [0.3, 0.4) is 0 Å². The predicted octanol–water partition coefficient (Wildman–Crippen LogP) is 3.79. The highest BCUT2D eigenvalue weighted by Gasteiger charge is 2.30. The molecule has 3 N–H and O–H groups in total. The molecule has 2 aliphatic carbocycles. The fourth-order valence-electron chi connectivity index (χ4n) is 4.55. The van der Waals surface area contributed by atoms with Gasteiger partial charge in [-0.05, 0) is 68.9 Å². The van der Waals surface area contributed by atoms with Crippen molar-refractivity contribution in [2.45, 2.75) is 63.5 Å². The number of primary amides is 1. The number of aryl methyl sites for hydroxylation is 1. The summed E-state index contributed by atoms with van der Waals surface area (Å²) in [6.07, 6.45) is 8.30. The summed E-state index contributed by atoms with van der Waals surface area (Å²) in [5.74, 6) is 1.78. The molecule has 8 heteroatoms. The SMILES string of the molecule is CN(C)c1nc(NC2CCC(N(C(N)=O)c3cccs3)CC2)nc2c1CCCC2. The highest BCUT2D eigenvalue weighted by molar-refractivity contribution is 7.14. The van der Waals surface area contributed by atoms with E-state index in [1.54, 1.807) is 16.2 Å². The number of fused-ring (bicyclic) bond motifs is 1. The van der Waals surface area contributed by atoms with E-state index in [9.17, 15) is 4.79 Å². The van der Waals surface area contributed by atoms with E-state index < -0.39 is 0 Å². The Balaban J connectivity index is 1.43. The van der Waals surface area contributed by atoms with Gasteiger partial charge in [0, 0.05) is 31.7 Å².